The zero-order valence-corrected chi connectivity index (χ0v) is 40.1. The third-order valence-corrected chi connectivity index (χ3v) is 22.7. The number of benzene rings is 4. The number of hydrogen-bond donors (Lipinski definition) is 0. The highest BCUT2D eigenvalue weighted by molar-refractivity contribution is 6.03. The second-order valence-corrected chi connectivity index (χ2v) is 24.7. The molecule has 2 heteroatoms. The molecule has 340 valence electrons. The van der Waals surface area contributed by atoms with Crippen LogP contribution in [-0.2, 0) is 11.8 Å². The van der Waals surface area contributed by atoms with Crippen molar-refractivity contribution in [1.82, 2.24) is 0 Å². The van der Waals surface area contributed by atoms with Crippen LogP contribution in [0.3, 0.4) is 0 Å². The van der Waals surface area contributed by atoms with Gasteiger partial charge in [0, 0.05) is 34.8 Å². The van der Waals surface area contributed by atoms with Gasteiger partial charge in [0.2, 0.25) is 0 Å². The lowest BCUT2D eigenvalue weighted by molar-refractivity contribution is -0.135. The molecule has 0 amide bonds. The van der Waals surface area contributed by atoms with Crippen LogP contribution >= 0.6 is 0 Å². The van der Waals surface area contributed by atoms with Crippen LogP contribution in [0.1, 0.15) is 126 Å². The SMILES string of the molecule is CC1C(Cc2ccccc2)=NC(C2CCC3C4C(C5(C)CCCC6C7=CC=CCC7C7CC8C=C9CC(C65)C98C7)CCCC4C4(c5ccccc5-c5ccccc54)C3C2)=N[C@@H]1c1ccccc1. The molecule has 7 fully saturated rings. The fourth-order valence-electron chi connectivity index (χ4n) is 20.5. The third kappa shape index (κ3) is 5.35. The van der Waals surface area contributed by atoms with E-state index in [1.54, 1.807) is 11.1 Å². The molecule has 7 saturated carbocycles. The predicted molar refractivity (Wildman–Crippen MR) is 274 cm³/mol. The third-order valence-electron chi connectivity index (χ3n) is 22.7. The average Bonchev–Trinajstić information content (AvgIpc) is 3.99. The summed E-state index contributed by atoms with van der Waals surface area (Å²) >= 11 is 0. The van der Waals surface area contributed by atoms with Crippen molar-refractivity contribution in [2.75, 3.05) is 0 Å². The molecule has 15 rings (SSSR count). The number of nitrogens with zero attached hydrogens (tertiary/aromatic N) is 2. The van der Waals surface area contributed by atoms with Crippen LogP contribution in [0, 0.1) is 87.8 Å². The van der Waals surface area contributed by atoms with E-state index in [0.717, 1.165) is 65.5 Å². The Morgan fingerprint density at radius 1 is 0.701 bits per heavy atom. The van der Waals surface area contributed by atoms with Gasteiger partial charge in [-0.3, -0.25) is 4.99 Å². The number of rotatable bonds is 5. The van der Waals surface area contributed by atoms with Crippen molar-refractivity contribution in [1.29, 1.82) is 0 Å². The van der Waals surface area contributed by atoms with Crippen molar-refractivity contribution in [3.63, 3.8) is 0 Å². The molecule has 16 atom stereocenters. The smallest absolute Gasteiger partial charge is 0.126 e. The van der Waals surface area contributed by atoms with Gasteiger partial charge < -0.3 is 0 Å². The van der Waals surface area contributed by atoms with Gasteiger partial charge in [-0.15, -0.1) is 0 Å². The van der Waals surface area contributed by atoms with Gasteiger partial charge >= 0.3 is 0 Å². The van der Waals surface area contributed by atoms with Gasteiger partial charge in [-0.2, -0.15) is 0 Å². The summed E-state index contributed by atoms with van der Waals surface area (Å²) in [5, 5.41) is 0. The Bertz CT molecular complexity index is 2760. The molecular weight excluding hydrogens is 809 g/mol. The molecule has 11 aliphatic rings. The van der Waals surface area contributed by atoms with E-state index in [4.69, 9.17) is 9.98 Å². The zero-order valence-electron chi connectivity index (χ0n) is 40.1. The van der Waals surface area contributed by atoms with Gasteiger partial charge in [0.25, 0.3) is 0 Å². The van der Waals surface area contributed by atoms with E-state index in [-0.39, 0.29) is 17.4 Å². The molecule has 15 unspecified atom stereocenters. The minimum absolute atomic E-state index is 0.0355. The van der Waals surface area contributed by atoms with Crippen molar-refractivity contribution in [3.05, 3.63) is 167 Å². The molecule has 2 nitrogen and oxygen atoms in total. The van der Waals surface area contributed by atoms with E-state index in [0.29, 0.717) is 28.6 Å². The number of fused-ring (bicyclic) bond motifs is 16. The summed E-state index contributed by atoms with van der Waals surface area (Å²) in [7, 11) is 0. The van der Waals surface area contributed by atoms with Gasteiger partial charge in [0.1, 0.15) is 5.84 Å². The molecule has 2 spiro atoms. The Kier molecular flexibility index (Phi) is 8.87. The molecule has 0 N–H and O–H groups in total. The first-order valence-electron chi connectivity index (χ1n) is 27.5. The second-order valence-electron chi connectivity index (χ2n) is 24.7. The molecule has 4 aromatic rings. The van der Waals surface area contributed by atoms with E-state index in [1.807, 2.05) is 11.1 Å². The van der Waals surface area contributed by atoms with E-state index >= 15 is 0 Å². The lowest BCUT2D eigenvalue weighted by Crippen LogP contribution is -2.62. The molecule has 1 aliphatic heterocycles. The maximum atomic E-state index is 5.82. The predicted octanol–water partition coefficient (Wildman–Crippen LogP) is 15.4. The van der Waals surface area contributed by atoms with Crippen LogP contribution in [0.5, 0.6) is 0 Å². The summed E-state index contributed by atoms with van der Waals surface area (Å²) in [5.41, 5.74) is 15.2. The van der Waals surface area contributed by atoms with Crippen LogP contribution in [0.2, 0.25) is 0 Å². The van der Waals surface area contributed by atoms with Gasteiger partial charge in [0.15, 0.2) is 0 Å². The lowest BCUT2D eigenvalue weighted by atomic mass is 9.35. The summed E-state index contributed by atoms with van der Waals surface area (Å²) in [6.45, 7) is 5.35. The molecule has 2 bridgehead atoms. The van der Waals surface area contributed by atoms with E-state index < -0.39 is 0 Å². The monoisotopic (exact) mass is 879 g/mol. The molecule has 0 radical (unpaired) electrons. The highest BCUT2D eigenvalue weighted by atomic mass is 15.0. The Morgan fingerprint density at radius 3 is 2.24 bits per heavy atom. The van der Waals surface area contributed by atoms with E-state index in [1.165, 1.54) is 111 Å². The number of aliphatic imine (C=N–C) groups is 2. The van der Waals surface area contributed by atoms with E-state index in [9.17, 15) is 0 Å². The Morgan fingerprint density at radius 2 is 1.45 bits per heavy atom. The summed E-state index contributed by atoms with van der Waals surface area (Å²) in [6, 6.07) is 42.1. The van der Waals surface area contributed by atoms with E-state index in [2.05, 4.69) is 147 Å². The fourth-order valence-corrected chi connectivity index (χ4v) is 20.5. The lowest BCUT2D eigenvalue weighted by Gasteiger charge is -2.69. The van der Waals surface area contributed by atoms with Crippen molar-refractivity contribution >= 4 is 11.5 Å². The van der Waals surface area contributed by atoms with Crippen molar-refractivity contribution < 1.29 is 0 Å². The van der Waals surface area contributed by atoms with Crippen molar-refractivity contribution in [2.45, 2.75) is 115 Å². The molecule has 1 heterocycles. The number of amidine groups is 1. The minimum atomic E-state index is 0.0355. The number of hydrogen-bond acceptors (Lipinski definition) is 2. The maximum absolute atomic E-state index is 5.82. The highest BCUT2D eigenvalue weighted by Crippen LogP contribution is 2.81. The molecule has 4 aromatic carbocycles. The van der Waals surface area contributed by atoms with Gasteiger partial charge in [-0.05, 0) is 175 Å². The first-order chi connectivity index (χ1) is 33.0. The molecule has 0 saturated heterocycles. The Hall–Kier alpha value is -4.56. The zero-order chi connectivity index (χ0) is 44.2. The largest absolute Gasteiger partial charge is 0.261 e. The van der Waals surface area contributed by atoms with Crippen LogP contribution in [0.25, 0.3) is 11.1 Å². The topological polar surface area (TPSA) is 24.7 Å². The molecule has 0 aromatic heterocycles. The summed E-state index contributed by atoms with van der Waals surface area (Å²) in [6.07, 6.45) is 29.4. The van der Waals surface area contributed by atoms with Crippen LogP contribution < -0.4 is 0 Å². The minimum Gasteiger partial charge on any atom is -0.261 e. The Labute approximate surface area is 400 Å². The first-order valence-corrected chi connectivity index (χ1v) is 27.5. The molecular formula is C65H70N2. The molecule has 67 heavy (non-hydrogen) atoms. The number of allylic oxidation sites excluding steroid dienone is 6. The van der Waals surface area contributed by atoms with Crippen LogP contribution in [-0.4, -0.2) is 11.5 Å². The van der Waals surface area contributed by atoms with Gasteiger partial charge in [-0.25, -0.2) is 4.99 Å². The average molecular weight is 879 g/mol. The van der Waals surface area contributed by atoms with Crippen molar-refractivity contribution in [2.24, 2.45) is 97.7 Å². The van der Waals surface area contributed by atoms with Crippen molar-refractivity contribution in [3.8, 4) is 11.1 Å². The summed E-state index contributed by atoms with van der Waals surface area (Å²) in [4.78, 5) is 11.6. The highest BCUT2D eigenvalue weighted by Gasteiger charge is 2.73. The first kappa shape index (κ1) is 40.3. The maximum Gasteiger partial charge on any atom is 0.126 e. The quantitative estimate of drug-likeness (QED) is 0.179. The fraction of sp³-hybridized carbons (Fsp3) is 0.508. The van der Waals surface area contributed by atoms with Crippen LogP contribution in [0.15, 0.2) is 155 Å². The molecule has 10 aliphatic carbocycles. The second kappa shape index (κ2) is 14.7. The summed E-state index contributed by atoms with van der Waals surface area (Å²) in [5.74, 6) is 10.4. The van der Waals surface area contributed by atoms with Gasteiger partial charge in [-0.1, -0.05) is 171 Å². The van der Waals surface area contributed by atoms with Gasteiger partial charge in [0.05, 0.1) is 6.04 Å². The normalized spacial score (nSPS) is 42.0. The standard InChI is InChI=1S/C65H70N2/c1-39-58(33-40-17-5-3-6-18-40)66-62(67-61(39)41-19-7-4-8-20-41)42-30-31-51-56(35-42)65(52-26-13-11-23-48(52)49-24-12-14-27-53(49)65)55-29-15-28-54(59(51)55)63(2)32-16-25-50-47-22-10-9-21-46(47)43-34-44-36-45-37-57(60(50)63)64(44,45)38-43/h3-14,17-20,22-24,26-27,36,39,42-44,46,50-51,54-57,59-61H,15-16,21,25,28-35,37-38H2,1-2H3/t39?,42?,43?,44?,46?,50?,51?,54?,55?,56?,57?,59?,60?,61-,63?,64?/m0/s1. The Balaban J connectivity index is 0.867. The summed E-state index contributed by atoms with van der Waals surface area (Å²) < 4.78 is 0. The van der Waals surface area contributed by atoms with Crippen LogP contribution in [0.4, 0.5) is 0 Å².